The van der Waals surface area contributed by atoms with E-state index in [-0.39, 0.29) is 17.7 Å². The van der Waals surface area contributed by atoms with Crippen molar-refractivity contribution < 1.29 is 14.4 Å². The van der Waals surface area contributed by atoms with Gasteiger partial charge in [0, 0.05) is 40.2 Å². The summed E-state index contributed by atoms with van der Waals surface area (Å²) in [5, 5.41) is 4.50. The molecule has 120 valence electrons. The molecule has 22 heavy (non-hydrogen) atoms. The number of rotatable bonds is 2. The lowest BCUT2D eigenvalue weighted by atomic mass is 10.1. The molecule has 1 N–H and O–H groups in total. The van der Waals surface area contributed by atoms with Crippen molar-refractivity contribution in [1.82, 2.24) is 15.1 Å². The fraction of sp³-hybridized carbons (Fsp3) is 0.533. The Hall–Kier alpha value is -1.89. The largest absolute Gasteiger partial charge is 0.359 e. The van der Waals surface area contributed by atoms with E-state index in [1.54, 1.807) is 16.8 Å². The van der Waals surface area contributed by atoms with E-state index < -0.39 is 5.92 Å². The van der Waals surface area contributed by atoms with Gasteiger partial charge in [-0.05, 0) is 23.9 Å². The van der Waals surface area contributed by atoms with Gasteiger partial charge in [0.1, 0.15) is 0 Å². The van der Waals surface area contributed by atoms with E-state index in [1.165, 1.54) is 18.3 Å². The standard InChI is InChI=1S/C15H21N3O3S/c1-10-4-7-22-13(10)15(21)18-6-5-17(11(2)19)8-12(9-18)14(20)16-3/h4,7,12H,5-6,8-9H2,1-3H3,(H,16,20)/t12-/m1/s1. The summed E-state index contributed by atoms with van der Waals surface area (Å²) in [6.07, 6.45) is 0. The highest BCUT2D eigenvalue weighted by Gasteiger charge is 2.31. The minimum absolute atomic E-state index is 0.0631. The van der Waals surface area contributed by atoms with E-state index >= 15 is 0 Å². The monoisotopic (exact) mass is 323 g/mol. The maximum absolute atomic E-state index is 12.7. The van der Waals surface area contributed by atoms with Crippen molar-refractivity contribution in [3.8, 4) is 0 Å². The lowest BCUT2D eigenvalue weighted by Gasteiger charge is -2.23. The summed E-state index contributed by atoms with van der Waals surface area (Å²) >= 11 is 1.41. The highest BCUT2D eigenvalue weighted by molar-refractivity contribution is 7.12. The van der Waals surface area contributed by atoms with Gasteiger partial charge >= 0.3 is 0 Å². The van der Waals surface area contributed by atoms with Crippen LogP contribution in [0.5, 0.6) is 0 Å². The Morgan fingerprint density at radius 1 is 1.23 bits per heavy atom. The number of nitrogens with zero attached hydrogens (tertiary/aromatic N) is 2. The maximum atomic E-state index is 12.7. The van der Waals surface area contributed by atoms with E-state index in [0.717, 1.165) is 5.56 Å². The van der Waals surface area contributed by atoms with Crippen molar-refractivity contribution in [3.05, 3.63) is 21.9 Å². The van der Waals surface area contributed by atoms with Gasteiger partial charge in [-0.1, -0.05) is 0 Å². The van der Waals surface area contributed by atoms with Crippen molar-refractivity contribution in [2.45, 2.75) is 13.8 Å². The van der Waals surface area contributed by atoms with E-state index in [0.29, 0.717) is 31.1 Å². The third kappa shape index (κ3) is 3.47. The summed E-state index contributed by atoms with van der Waals surface area (Å²) in [6.45, 7) is 4.98. The van der Waals surface area contributed by atoms with Crippen LogP contribution in [-0.2, 0) is 9.59 Å². The summed E-state index contributed by atoms with van der Waals surface area (Å²) < 4.78 is 0. The predicted molar refractivity (Wildman–Crippen MR) is 84.8 cm³/mol. The van der Waals surface area contributed by atoms with Gasteiger partial charge < -0.3 is 15.1 Å². The highest BCUT2D eigenvalue weighted by atomic mass is 32.1. The van der Waals surface area contributed by atoms with Crippen LogP contribution in [0.25, 0.3) is 0 Å². The molecule has 0 aromatic carbocycles. The van der Waals surface area contributed by atoms with Crippen LogP contribution in [0.4, 0.5) is 0 Å². The molecule has 1 aromatic rings. The molecule has 1 aliphatic rings. The normalized spacial score (nSPS) is 18.8. The molecule has 1 saturated heterocycles. The minimum Gasteiger partial charge on any atom is -0.359 e. The SMILES string of the molecule is CNC(=O)[C@@H]1CN(C(C)=O)CCN(C(=O)c2sccc2C)C1. The molecule has 0 radical (unpaired) electrons. The minimum atomic E-state index is -0.402. The fourth-order valence-corrected chi connectivity index (χ4v) is 3.48. The average Bonchev–Trinajstić information content (AvgIpc) is 2.79. The second-order valence-corrected chi connectivity index (χ2v) is 6.38. The van der Waals surface area contributed by atoms with Crippen LogP contribution in [0.1, 0.15) is 22.2 Å². The summed E-state index contributed by atoms with van der Waals surface area (Å²) in [5.74, 6) is -0.684. The maximum Gasteiger partial charge on any atom is 0.264 e. The molecule has 7 heteroatoms. The zero-order chi connectivity index (χ0) is 16.3. The molecule has 3 amide bonds. The molecular formula is C15H21N3O3S. The summed E-state index contributed by atoms with van der Waals surface area (Å²) in [6, 6.07) is 1.91. The number of hydrogen-bond acceptors (Lipinski definition) is 4. The first-order chi connectivity index (χ1) is 10.4. The number of nitrogens with one attached hydrogen (secondary N) is 1. The lowest BCUT2D eigenvalue weighted by Crippen LogP contribution is -2.42. The summed E-state index contributed by atoms with van der Waals surface area (Å²) in [4.78, 5) is 40.4. The van der Waals surface area contributed by atoms with Crippen LogP contribution in [0.3, 0.4) is 0 Å². The molecule has 1 fully saturated rings. The smallest absolute Gasteiger partial charge is 0.264 e. The fourth-order valence-electron chi connectivity index (χ4n) is 2.59. The van der Waals surface area contributed by atoms with Gasteiger partial charge in [-0.15, -0.1) is 11.3 Å². The molecule has 6 nitrogen and oxygen atoms in total. The van der Waals surface area contributed by atoms with Gasteiger partial charge in [0.05, 0.1) is 10.8 Å². The van der Waals surface area contributed by atoms with Crippen molar-refractivity contribution >= 4 is 29.1 Å². The number of carbonyl (C=O) groups is 3. The van der Waals surface area contributed by atoms with Crippen LogP contribution in [0.15, 0.2) is 11.4 Å². The first kappa shape index (κ1) is 16.5. The average molecular weight is 323 g/mol. The Morgan fingerprint density at radius 3 is 2.41 bits per heavy atom. The van der Waals surface area contributed by atoms with Crippen molar-refractivity contribution in [3.63, 3.8) is 0 Å². The lowest BCUT2D eigenvalue weighted by molar-refractivity contribution is -0.130. The van der Waals surface area contributed by atoms with Crippen LogP contribution >= 0.6 is 11.3 Å². The topological polar surface area (TPSA) is 69.7 Å². The van der Waals surface area contributed by atoms with E-state index in [4.69, 9.17) is 0 Å². The number of thiophene rings is 1. The zero-order valence-corrected chi connectivity index (χ0v) is 13.9. The highest BCUT2D eigenvalue weighted by Crippen LogP contribution is 2.20. The molecule has 1 aliphatic heterocycles. The number of hydrogen-bond donors (Lipinski definition) is 1. The molecule has 1 atom stereocenters. The molecule has 2 rings (SSSR count). The quantitative estimate of drug-likeness (QED) is 0.872. The molecule has 0 unspecified atom stereocenters. The molecule has 0 saturated carbocycles. The molecule has 2 heterocycles. The molecular weight excluding hydrogens is 302 g/mol. The zero-order valence-electron chi connectivity index (χ0n) is 13.1. The van der Waals surface area contributed by atoms with Gasteiger partial charge in [0.2, 0.25) is 11.8 Å². The van der Waals surface area contributed by atoms with Crippen LogP contribution < -0.4 is 5.32 Å². The van der Waals surface area contributed by atoms with Gasteiger partial charge in [0.25, 0.3) is 5.91 Å². The van der Waals surface area contributed by atoms with E-state index in [1.807, 2.05) is 18.4 Å². The Kier molecular flexibility index (Phi) is 5.18. The van der Waals surface area contributed by atoms with Gasteiger partial charge in [-0.25, -0.2) is 0 Å². The predicted octanol–water partition coefficient (Wildman–Crippen LogP) is 0.723. The number of carbonyl (C=O) groups excluding carboxylic acids is 3. The van der Waals surface area contributed by atoms with Gasteiger partial charge in [-0.2, -0.15) is 0 Å². The number of amides is 3. The number of aryl methyl sites for hydroxylation is 1. The second-order valence-electron chi connectivity index (χ2n) is 5.46. The first-order valence-electron chi connectivity index (χ1n) is 7.24. The van der Waals surface area contributed by atoms with Gasteiger partial charge in [-0.3, -0.25) is 14.4 Å². The van der Waals surface area contributed by atoms with Crippen molar-refractivity contribution in [1.29, 1.82) is 0 Å². The van der Waals surface area contributed by atoms with Gasteiger partial charge in [0.15, 0.2) is 0 Å². The van der Waals surface area contributed by atoms with Crippen LogP contribution in [0, 0.1) is 12.8 Å². The Morgan fingerprint density at radius 2 is 1.86 bits per heavy atom. The van der Waals surface area contributed by atoms with Crippen LogP contribution in [-0.4, -0.2) is 60.7 Å². The third-order valence-electron chi connectivity index (χ3n) is 3.93. The Balaban J connectivity index is 2.21. The first-order valence-corrected chi connectivity index (χ1v) is 8.12. The molecule has 1 aromatic heterocycles. The molecule has 0 bridgehead atoms. The third-order valence-corrected chi connectivity index (χ3v) is 4.93. The summed E-state index contributed by atoms with van der Waals surface area (Å²) in [5.41, 5.74) is 0.944. The Labute approximate surface area is 134 Å². The van der Waals surface area contributed by atoms with E-state index in [9.17, 15) is 14.4 Å². The van der Waals surface area contributed by atoms with Crippen molar-refractivity contribution in [2.24, 2.45) is 5.92 Å². The summed E-state index contributed by atoms with van der Waals surface area (Å²) in [7, 11) is 1.57. The van der Waals surface area contributed by atoms with Crippen molar-refractivity contribution in [2.75, 3.05) is 33.2 Å². The Bertz CT molecular complexity index is 584. The second kappa shape index (κ2) is 6.91. The van der Waals surface area contributed by atoms with E-state index in [2.05, 4.69) is 5.32 Å². The molecule has 0 spiro atoms. The van der Waals surface area contributed by atoms with Crippen LogP contribution in [0.2, 0.25) is 0 Å². The molecule has 0 aliphatic carbocycles.